The summed E-state index contributed by atoms with van der Waals surface area (Å²) < 4.78 is 0. The fourth-order valence-corrected chi connectivity index (χ4v) is 2.09. The number of hydrogen-bond acceptors (Lipinski definition) is 4. The first-order valence-electron chi connectivity index (χ1n) is 6.61. The van der Waals surface area contributed by atoms with Crippen LogP contribution >= 0.6 is 0 Å². The van der Waals surface area contributed by atoms with E-state index in [4.69, 9.17) is 10.4 Å². The van der Waals surface area contributed by atoms with E-state index in [1.807, 2.05) is 11.0 Å². The Kier molecular flexibility index (Phi) is 4.57. The number of hydrogen-bond donors (Lipinski definition) is 2. The van der Waals surface area contributed by atoms with Gasteiger partial charge in [0, 0.05) is 25.0 Å². The molecular formula is C15H15N3O3. The van der Waals surface area contributed by atoms with Crippen molar-refractivity contribution in [1.82, 2.24) is 4.90 Å². The summed E-state index contributed by atoms with van der Waals surface area (Å²) in [5.74, 6) is -1.52. The van der Waals surface area contributed by atoms with Gasteiger partial charge in [0.1, 0.15) is 11.6 Å². The summed E-state index contributed by atoms with van der Waals surface area (Å²) in [6, 6.07) is 7.67. The third-order valence-corrected chi connectivity index (χ3v) is 3.21. The molecule has 1 aromatic rings. The zero-order valence-electron chi connectivity index (χ0n) is 11.4. The number of nitrogens with zero attached hydrogens (tertiary/aromatic N) is 2. The van der Waals surface area contributed by atoms with Crippen molar-refractivity contribution < 1.29 is 14.7 Å². The van der Waals surface area contributed by atoms with E-state index in [0.29, 0.717) is 5.69 Å². The van der Waals surface area contributed by atoms with E-state index in [1.165, 1.54) is 24.3 Å². The second-order valence-corrected chi connectivity index (χ2v) is 4.73. The van der Waals surface area contributed by atoms with Crippen molar-refractivity contribution in [3.8, 4) is 6.07 Å². The Bertz CT molecular complexity index is 608. The van der Waals surface area contributed by atoms with E-state index in [0.717, 1.165) is 25.9 Å². The third kappa shape index (κ3) is 3.83. The van der Waals surface area contributed by atoms with Crippen LogP contribution in [0, 0.1) is 11.3 Å². The first kappa shape index (κ1) is 14.6. The average Bonchev–Trinajstić information content (AvgIpc) is 2.98. The standard InChI is InChI=1S/C15H15N3O3/c16-9-12(10-18-7-1-2-8-18)14(19)17-13-5-3-11(4-6-13)15(20)21/h3-6,10H,1-2,7-8H2,(H,17,19)(H,20,21)/b12-10-. The lowest BCUT2D eigenvalue weighted by Crippen LogP contribution is -2.18. The molecule has 0 radical (unpaired) electrons. The summed E-state index contributed by atoms with van der Waals surface area (Å²) in [5.41, 5.74) is 0.632. The van der Waals surface area contributed by atoms with Crippen LogP contribution in [0.5, 0.6) is 0 Å². The molecule has 108 valence electrons. The molecular weight excluding hydrogens is 270 g/mol. The molecule has 2 N–H and O–H groups in total. The Balaban J connectivity index is 2.05. The van der Waals surface area contributed by atoms with Crippen LogP contribution in [0.4, 0.5) is 5.69 Å². The highest BCUT2D eigenvalue weighted by molar-refractivity contribution is 6.06. The van der Waals surface area contributed by atoms with Crippen LogP contribution in [0.25, 0.3) is 0 Å². The van der Waals surface area contributed by atoms with E-state index in [1.54, 1.807) is 6.20 Å². The topological polar surface area (TPSA) is 93.4 Å². The number of carboxylic acid groups (broad SMARTS) is 1. The molecule has 1 aliphatic heterocycles. The van der Waals surface area contributed by atoms with Crippen LogP contribution in [0.1, 0.15) is 23.2 Å². The number of nitriles is 1. The normalized spacial score (nSPS) is 14.6. The Morgan fingerprint density at radius 3 is 2.38 bits per heavy atom. The van der Waals surface area contributed by atoms with E-state index in [-0.39, 0.29) is 11.1 Å². The molecule has 0 aliphatic carbocycles. The first-order chi connectivity index (χ1) is 10.1. The van der Waals surface area contributed by atoms with E-state index in [2.05, 4.69) is 5.32 Å². The van der Waals surface area contributed by atoms with Gasteiger partial charge in [-0.3, -0.25) is 4.79 Å². The minimum Gasteiger partial charge on any atom is -0.478 e. The van der Waals surface area contributed by atoms with Crippen molar-refractivity contribution in [2.75, 3.05) is 18.4 Å². The number of amides is 1. The Labute approximate surface area is 122 Å². The molecule has 1 amide bonds. The largest absolute Gasteiger partial charge is 0.478 e. The van der Waals surface area contributed by atoms with Crippen LogP contribution < -0.4 is 5.32 Å². The molecule has 0 unspecified atom stereocenters. The maximum Gasteiger partial charge on any atom is 0.335 e. The summed E-state index contributed by atoms with van der Waals surface area (Å²) in [6.07, 6.45) is 3.70. The average molecular weight is 285 g/mol. The lowest BCUT2D eigenvalue weighted by Gasteiger charge is -2.12. The van der Waals surface area contributed by atoms with Crippen LogP contribution in [0.3, 0.4) is 0 Å². The predicted molar refractivity (Wildman–Crippen MR) is 76.5 cm³/mol. The molecule has 0 spiro atoms. The van der Waals surface area contributed by atoms with Crippen LogP contribution in [0.15, 0.2) is 36.0 Å². The van der Waals surface area contributed by atoms with E-state index in [9.17, 15) is 9.59 Å². The lowest BCUT2D eigenvalue weighted by atomic mass is 10.2. The van der Waals surface area contributed by atoms with E-state index >= 15 is 0 Å². The van der Waals surface area contributed by atoms with Gasteiger partial charge in [-0.2, -0.15) is 5.26 Å². The second kappa shape index (κ2) is 6.57. The van der Waals surface area contributed by atoms with Gasteiger partial charge in [-0.25, -0.2) is 4.79 Å². The van der Waals surface area contributed by atoms with Gasteiger partial charge in [0.25, 0.3) is 5.91 Å². The molecule has 1 fully saturated rings. The minimum absolute atomic E-state index is 0.0409. The smallest absolute Gasteiger partial charge is 0.335 e. The van der Waals surface area contributed by atoms with Gasteiger partial charge < -0.3 is 15.3 Å². The third-order valence-electron chi connectivity index (χ3n) is 3.21. The summed E-state index contributed by atoms with van der Waals surface area (Å²) in [4.78, 5) is 24.7. The number of rotatable bonds is 4. The first-order valence-corrected chi connectivity index (χ1v) is 6.61. The van der Waals surface area contributed by atoms with Gasteiger partial charge in [0.05, 0.1) is 5.56 Å². The van der Waals surface area contributed by atoms with Crippen molar-refractivity contribution >= 4 is 17.6 Å². The van der Waals surface area contributed by atoms with Crippen LogP contribution in [-0.4, -0.2) is 35.0 Å². The molecule has 1 aliphatic rings. The highest BCUT2D eigenvalue weighted by atomic mass is 16.4. The molecule has 21 heavy (non-hydrogen) atoms. The Morgan fingerprint density at radius 1 is 1.24 bits per heavy atom. The van der Waals surface area contributed by atoms with Crippen molar-refractivity contribution in [2.45, 2.75) is 12.8 Å². The predicted octanol–water partition coefficient (Wildman–Crippen LogP) is 1.83. The van der Waals surface area contributed by atoms with Crippen molar-refractivity contribution in [2.24, 2.45) is 0 Å². The van der Waals surface area contributed by atoms with Crippen LogP contribution in [-0.2, 0) is 4.79 Å². The highest BCUT2D eigenvalue weighted by Crippen LogP contribution is 2.13. The Morgan fingerprint density at radius 2 is 1.86 bits per heavy atom. The van der Waals surface area contributed by atoms with Crippen molar-refractivity contribution in [3.05, 3.63) is 41.6 Å². The maximum atomic E-state index is 12.0. The number of carbonyl (C=O) groups excluding carboxylic acids is 1. The molecule has 0 atom stereocenters. The number of benzene rings is 1. The van der Waals surface area contributed by atoms with Gasteiger partial charge in [-0.1, -0.05) is 0 Å². The van der Waals surface area contributed by atoms with E-state index < -0.39 is 11.9 Å². The number of carboxylic acids is 1. The fourth-order valence-electron chi connectivity index (χ4n) is 2.09. The fraction of sp³-hybridized carbons (Fsp3) is 0.267. The molecule has 1 heterocycles. The zero-order chi connectivity index (χ0) is 15.2. The molecule has 0 aromatic heterocycles. The maximum absolute atomic E-state index is 12.0. The van der Waals surface area contributed by atoms with Gasteiger partial charge in [0.2, 0.25) is 0 Å². The summed E-state index contributed by atoms with van der Waals surface area (Å²) >= 11 is 0. The number of carbonyl (C=O) groups is 2. The molecule has 0 bridgehead atoms. The highest BCUT2D eigenvalue weighted by Gasteiger charge is 2.14. The molecule has 6 nitrogen and oxygen atoms in total. The number of nitrogens with one attached hydrogen (secondary N) is 1. The van der Waals surface area contributed by atoms with Crippen molar-refractivity contribution in [3.63, 3.8) is 0 Å². The van der Waals surface area contributed by atoms with Gasteiger partial charge >= 0.3 is 5.97 Å². The summed E-state index contributed by atoms with van der Waals surface area (Å²) in [6.45, 7) is 1.71. The lowest BCUT2D eigenvalue weighted by molar-refractivity contribution is -0.112. The van der Waals surface area contributed by atoms with Gasteiger partial charge in [0.15, 0.2) is 0 Å². The number of likely N-dealkylation sites (tertiary alicyclic amines) is 1. The molecule has 1 aromatic carbocycles. The second-order valence-electron chi connectivity index (χ2n) is 4.73. The van der Waals surface area contributed by atoms with Crippen molar-refractivity contribution in [1.29, 1.82) is 5.26 Å². The molecule has 6 heteroatoms. The minimum atomic E-state index is -1.03. The van der Waals surface area contributed by atoms with Crippen LogP contribution in [0.2, 0.25) is 0 Å². The Hall–Kier alpha value is -2.81. The number of anilines is 1. The monoisotopic (exact) mass is 285 g/mol. The summed E-state index contributed by atoms with van der Waals surface area (Å²) in [5, 5.41) is 20.5. The van der Waals surface area contributed by atoms with Gasteiger partial charge in [-0.15, -0.1) is 0 Å². The number of aromatic carboxylic acids is 1. The SMILES string of the molecule is N#C/C(=C/N1CCCC1)C(=O)Nc1ccc(C(=O)O)cc1. The zero-order valence-corrected chi connectivity index (χ0v) is 11.4. The summed E-state index contributed by atoms with van der Waals surface area (Å²) in [7, 11) is 0. The van der Waals surface area contributed by atoms with Gasteiger partial charge in [-0.05, 0) is 37.1 Å². The molecule has 2 rings (SSSR count). The quantitative estimate of drug-likeness (QED) is 0.650. The molecule has 1 saturated heterocycles. The molecule has 0 saturated carbocycles.